The van der Waals surface area contributed by atoms with Gasteiger partial charge in [-0.25, -0.2) is 4.79 Å². The Hall–Kier alpha value is -1.85. The van der Waals surface area contributed by atoms with Gasteiger partial charge in [0.05, 0.1) is 6.54 Å². The van der Waals surface area contributed by atoms with Gasteiger partial charge in [-0.3, -0.25) is 4.90 Å². The Bertz CT molecular complexity index is 638. The lowest BCUT2D eigenvalue weighted by Crippen LogP contribution is -2.39. The van der Waals surface area contributed by atoms with E-state index in [9.17, 15) is 4.79 Å². The first-order valence-corrected chi connectivity index (χ1v) is 9.90. The average Bonchev–Trinajstić information content (AvgIpc) is 3.16. The van der Waals surface area contributed by atoms with Crippen molar-refractivity contribution in [3.05, 3.63) is 57.8 Å². The maximum atomic E-state index is 12.5. The smallest absolute Gasteiger partial charge is 0.317 e. The van der Waals surface area contributed by atoms with E-state index < -0.39 is 0 Å². The van der Waals surface area contributed by atoms with Gasteiger partial charge < -0.3 is 10.2 Å². The van der Waals surface area contributed by atoms with Crippen LogP contribution in [0.2, 0.25) is 0 Å². The van der Waals surface area contributed by atoms with E-state index in [0.29, 0.717) is 19.6 Å². The molecule has 0 aliphatic carbocycles. The summed E-state index contributed by atoms with van der Waals surface area (Å²) in [6, 6.07) is 12.5. The van der Waals surface area contributed by atoms with Crippen molar-refractivity contribution < 1.29 is 4.79 Å². The summed E-state index contributed by atoms with van der Waals surface area (Å²) in [5, 5.41) is 5.13. The predicted octanol–water partition coefficient (Wildman–Crippen LogP) is 4.32. The Morgan fingerprint density at radius 1 is 0.960 bits per heavy atom. The summed E-state index contributed by atoms with van der Waals surface area (Å²) in [6.07, 6.45) is 0. The van der Waals surface area contributed by atoms with Gasteiger partial charge in [-0.15, -0.1) is 11.3 Å². The van der Waals surface area contributed by atoms with Gasteiger partial charge in [0.25, 0.3) is 0 Å². The summed E-state index contributed by atoms with van der Waals surface area (Å²) in [4.78, 5) is 18.0. The number of carbonyl (C=O) groups excluding carboxylic acids is 1. The number of nitrogens with zero attached hydrogens (tertiary/aromatic N) is 2. The Kier molecular flexibility index (Phi) is 7.95. The predicted molar refractivity (Wildman–Crippen MR) is 106 cm³/mol. The van der Waals surface area contributed by atoms with E-state index in [0.717, 1.165) is 19.6 Å². The molecule has 0 aliphatic heterocycles. The molecule has 1 heterocycles. The third-order valence-corrected chi connectivity index (χ3v) is 5.29. The second-order valence-corrected chi connectivity index (χ2v) is 7.01. The molecule has 0 saturated carbocycles. The maximum absolute atomic E-state index is 12.5. The quantitative estimate of drug-likeness (QED) is 0.724. The molecule has 0 bridgehead atoms. The van der Waals surface area contributed by atoms with Crippen LogP contribution >= 0.6 is 11.3 Å². The van der Waals surface area contributed by atoms with Crippen molar-refractivity contribution in [3.63, 3.8) is 0 Å². The number of thiophene rings is 1. The molecule has 0 unspecified atom stereocenters. The zero-order valence-electron chi connectivity index (χ0n) is 15.5. The summed E-state index contributed by atoms with van der Waals surface area (Å²) >= 11 is 1.69. The minimum Gasteiger partial charge on any atom is -0.334 e. The second-order valence-electron chi connectivity index (χ2n) is 5.98. The average molecular weight is 360 g/mol. The van der Waals surface area contributed by atoms with Gasteiger partial charge in [-0.2, -0.15) is 0 Å². The van der Waals surface area contributed by atoms with Crippen molar-refractivity contribution >= 4 is 17.4 Å². The van der Waals surface area contributed by atoms with Gasteiger partial charge in [-0.1, -0.05) is 44.2 Å². The molecule has 0 atom stereocenters. The van der Waals surface area contributed by atoms with E-state index in [1.807, 2.05) is 29.3 Å². The summed E-state index contributed by atoms with van der Waals surface area (Å²) in [6.45, 7) is 11.3. The number of hydrogen-bond acceptors (Lipinski definition) is 3. The summed E-state index contributed by atoms with van der Waals surface area (Å²) in [7, 11) is 0. The number of urea groups is 1. The van der Waals surface area contributed by atoms with E-state index in [-0.39, 0.29) is 6.03 Å². The lowest BCUT2D eigenvalue weighted by Gasteiger charge is -2.22. The molecule has 4 nitrogen and oxygen atoms in total. The lowest BCUT2D eigenvalue weighted by atomic mass is 10.1. The first-order chi connectivity index (χ1) is 12.2. The van der Waals surface area contributed by atoms with Crippen LogP contribution in [0.25, 0.3) is 0 Å². The molecule has 0 aliphatic rings. The molecule has 1 aromatic carbocycles. The molecule has 0 fully saturated rings. The summed E-state index contributed by atoms with van der Waals surface area (Å²) in [5.41, 5.74) is 2.47. The van der Waals surface area contributed by atoms with Gasteiger partial charge in [0.1, 0.15) is 0 Å². The van der Waals surface area contributed by atoms with E-state index in [1.54, 1.807) is 11.3 Å². The van der Waals surface area contributed by atoms with E-state index >= 15 is 0 Å². The SMILES string of the molecule is CCN(CC)Cc1ccccc1CNC(=O)N(CC)Cc1cccs1. The molecule has 136 valence electrons. The van der Waals surface area contributed by atoms with Crippen LogP contribution in [-0.4, -0.2) is 35.5 Å². The monoisotopic (exact) mass is 359 g/mol. The highest BCUT2D eigenvalue weighted by Gasteiger charge is 2.13. The zero-order valence-corrected chi connectivity index (χ0v) is 16.3. The lowest BCUT2D eigenvalue weighted by molar-refractivity contribution is 0.198. The second kappa shape index (κ2) is 10.2. The van der Waals surface area contributed by atoms with Crippen molar-refractivity contribution in [1.29, 1.82) is 0 Å². The number of carbonyl (C=O) groups is 1. The Balaban J connectivity index is 1.96. The van der Waals surface area contributed by atoms with Crippen LogP contribution in [0.5, 0.6) is 0 Å². The van der Waals surface area contributed by atoms with Crippen molar-refractivity contribution in [2.24, 2.45) is 0 Å². The first kappa shape index (κ1) is 19.5. The number of nitrogens with one attached hydrogen (secondary N) is 1. The Labute approximate surface area is 155 Å². The van der Waals surface area contributed by atoms with Gasteiger partial charge >= 0.3 is 6.03 Å². The fraction of sp³-hybridized carbons (Fsp3) is 0.450. The van der Waals surface area contributed by atoms with E-state index in [4.69, 9.17) is 0 Å². The minimum atomic E-state index is -0.00598. The molecule has 1 aromatic heterocycles. The van der Waals surface area contributed by atoms with E-state index in [1.165, 1.54) is 16.0 Å². The number of benzene rings is 1. The first-order valence-electron chi connectivity index (χ1n) is 9.02. The molecule has 2 rings (SSSR count). The normalized spacial score (nSPS) is 10.9. The molecule has 2 aromatic rings. The largest absolute Gasteiger partial charge is 0.334 e. The van der Waals surface area contributed by atoms with Gasteiger partial charge in [0.2, 0.25) is 0 Å². The molecule has 5 heteroatoms. The van der Waals surface area contributed by atoms with Crippen molar-refractivity contribution in [1.82, 2.24) is 15.1 Å². The molecule has 0 radical (unpaired) electrons. The van der Waals surface area contributed by atoms with Gasteiger partial charge in [0, 0.05) is 24.5 Å². The zero-order chi connectivity index (χ0) is 18.1. The number of rotatable bonds is 9. The third kappa shape index (κ3) is 5.87. The van der Waals surface area contributed by atoms with Crippen LogP contribution in [0.1, 0.15) is 36.8 Å². The van der Waals surface area contributed by atoms with Gasteiger partial charge in [-0.05, 0) is 42.6 Å². The maximum Gasteiger partial charge on any atom is 0.317 e. The number of amides is 2. The molecule has 25 heavy (non-hydrogen) atoms. The summed E-state index contributed by atoms with van der Waals surface area (Å²) in [5.74, 6) is 0. The van der Waals surface area contributed by atoms with E-state index in [2.05, 4.69) is 48.3 Å². The molecule has 1 N–H and O–H groups in total. The van der Waals surface area contributed by atoms with Crippen LogP contribution in [0.4, 0.5) is 4.79 Å². The topological polar surface area (TPSA) is 35.6 Å². The van der Waals surface area contributed by atoms with Gasteiger partial charge in [0.15, 0.2) is 0 Å². The van der Waals surface area contributed by atoms with Crippen LogP contribution < -0.4 is 5.32 Å². The Morgan fingerprint density at radius 3 is 2.28 bits per heavy atom. The van der Waals surface area contributed by atoms with Crippen LogP contribution in [0.3, 0.4) is 0 Å². The minimum absolute atomic E-state index is 0.00598. The van der Waals surface area contributed by atoms with Crippen molar-refractivity contribution in [2.75, 3.05) is 19.6 Å². The number of hydrogen-bond donors (Lipinski definition) is 1. The van der Waals surface area contributed by atoms with Crippen molar-refractivity contribution in [3.8, 4) is 0 Å². The van der Waals surface area contributed by atoms with Crippen LogP contribution in [-0.2, 0) is 19.6 Å². The Morgan fingerprint density at radius 2 is 1.68 bits per heavy atom. The summed E-state index contributed by atoms with van der Waals surface area (Å²) < 4.78 is 0. The third-order valence-electron chi connectivity index (χ3n) is 4.43. The van der Waals surface area contributed by atoms with Crippen molar-refractivity contribution in [2.45, 2.75) is 40.4 Å². The van der Waals surface area contributed by atoms with Crippen LogP contribution in [0.15, 0.2) is 41.8 Å². The highest BCUT2D eigenvalue weighted by atomic mass is 32.1. The fourth-order valence-corrected chi connectivity index (χ4v) is 3.49. The highest BCUT2D eigenvalue weighted by molar-refractivity contribution is 7.09. The fourth-order valence-electron chi connectivity index (χ4n) is 2.77. The molecular weight excluding hydrogens is 330 g/mol. The molecule has 2 amide bonds. The molecule has 0 spiro atoms. The standard InChI is InChI=1S/C20H29N3OS/c1-4-22(5-2)15-18-11-8-7-10-17(18)14-21-20(24)23(6-3)16-19-12-9-13-25-19/h7-13H,4-6,14-16H2,1-3H3,(H,21,24). The highest BCUT2D eigenvalue weighted by Crippen LogP contribution is 2.14. The molecule has 0 saturated heterocycles. The van der Waals surface area contributed by atoms with Crippen LogP contribution in [0, 0.1) is 0 Å². The molecular formula is C20H29N3OS.